The molecule has 0 radical (unpaired) electrons. The molecule has 1 N–H and O–H groups in total. The number of hydrogen-bond donors (Lipinski definition) is 1. The lowest BCUT2D eigenvalue weighted by Gasteiger charge is -2.28. The van der Waals surface area contributed by atoms with Gasteiger partial charge >= 0.3 is 0 Å². The van der Waals surface area contributed by atoms with Gasteiger partial charge in [0.1, 0.15) is 0 Å². The number of fused-ring (bicyclic) bond motifs is 1. The number of carbonyl (C=O) groups excluding carboxylic acids is 1. The summed E-state index contributed by atoms with van der Waals surface area (Å²) >= 11 is 7.70. The standard InChI is InChI=1S/C16H22ClN5O2S/c1-10(21(2)3)15(23)18-9-11-8-12-13(25-11)14(20-16(17)19-12)22-4-6-24-7-5-22/h8,10H,4-7,9H2,1-3H3,(H,18,23). The Morgan fingerprint density at radius 1 is 1.44 bits per heavy atom. The average Bonchev–Trinajstić information content (AvgIpc) is 3.01. The third-order valence-electron chi connectivity index (χ3n) is 4.28. The Bertz CT molecular complexity index is 760. The number of nitrogens with zero attached hydrogens (tertiary/aromatic N) is 4. The Morgan fingerprint density at radius 3 is 2.84 bits per heavy atom. The second-order valence-corrected chi connectivity index (χ2v) is 7.67. The molecule has 1 amide bonds. The summed E-state index contributed by atoms with van der Waals surface area (Å²) in [5.41, 5.74) is 0.816. The van der Waals surface area contributed by atoms with Crippen LogP contribution in [0.15, 0.2) is 6.07 Å². The van der Waals surface area contributed by atoms with Gasteiger partial charge in [0, 0.05) is 18.0 Å². The number of amides is 1. The molecule has 3 heterocycles. The normalized spacial score (nSPS) is 16.4. The van der Waals surface area contributed by atoms with E-state index in [9.17, 15) is 4.79 Å². The van der Waals surface area contributed by atoms with E-state index in [-0.39, 0.29) is 17.2 Å². The minimum atomic E-state index is -0.174. The first kappa shape index (κ1) is 18.3. The highest BCUT2D eigenvalue weighted by Gasteiger charge is 2.20. The molecule has 3 rings (SSSR count). The van der Waals surface area contributed by atoms with Crippen molar-refractivity contribution >= 4 is 44.9 Å². The monoisotopic (exact) mass is 383 g/mol. The van der Waals surface area contributed by atoms with Crippen molar-refractivity contribution in [3.63, 3.8) is 0 Å². The number of morpholine rings is 1. The smallest absolute Gasteiger partial charge is 0.237 e. The summed E-state index contributed by atoms with van der Waals surface area (Å²) in [5.74, 6) is 0.850. The zero-order valence-corrected chi connectivity index (χ0v) is 16.2. The van der Waals surface area contributed by atoms with Crippen molar-refractivity contribution in [3.05, 3.63) is 16.2 Å². The quantitative estimate of drug-likeness (QED) is 0.793. The van der Waals surface area contributed by atoms with Crippen LogP contribution in [-0.2, 0) is 16.1 Å². The van der Waals surface area contributed by atoms with Crippen LogP contribution in [0.25, 0.3) is 10.2 Å². The lowest BCUT2D eigenvalue weighted by atomic mass is 10.3. The molecule has 1 aliphatic heterocycles. The van der Waals surface area contributed by atoms with Crippen LogP contribution in [0.3, 0.4) is 0 Å². The summed E-state index contributed by atoms with van der Waals surface area (Å²) in [6, 6.07) is 1.80. The van der Waals surface area contributed by atoms with E-state index in [0.717, 1.165) is 34.0 Å². The average molecular weight is 384 g/mol. The van der Waals surface area contributed by atoms with Gasteiger partial charge in [-0.3, -0.25) is 9.69 Å². The van der Waals surface area contributed by atoms with Crippen LogP contribution >= 0.6 is 22.9 Å². The number of likely N-dealkylation sites (N-methyl/N-ethyl adjacent to an activating group) is 1. The van der Waals surface area contributed by atoms with Crippen molar-refractivity contribution in [1.82, 2.24) is 20.2 Å². The molecule has 0 saturated carbocycles. The molecule has 136 valence electrons. The number of ether oxygens (including phenoxy) is 1. The van der Waals surface area contributed by atoms with Gasteiger partial charge in [0.2, 0.25) is 11.2 Å². The van der Waals surface area contributed by atoms with Gasteiger partial charge in [-0.2, -0.15) is 4.98 Å². The second kappa shape index (κ2) is 7.82. The van der Waals surface area contributed by atoms with E-state index in [1.165, 1.54) is 0 Å². The fourth-order valence-corrected chi connectivity index (χ4v) is 3.79. The molecule has 0 aliphatic carbocycles. The fraction of sp³-hybridized carbons (Fsp3) is 0.562. The van der Waals surface area contributed by atoms with Crippen molar-refractivity contribution < 1.29 is 9.53 Å². The molecule has 2 aromatic heterocycles. The number of thiophene rings is 1. The maximum absolute atomic E-state index is 12.1. The number of anilines is 1. The Balaban J connectivity index is 1.80. The van der Waals surface area contributed by atoms with Crippen molar-refractivity contribution in [2.24, 2.45) is 0 Å². The molecule has 1 unspecified atom stereocenters. The Kier molecular flexibility index (Phi) is 5.73. The SMILES string of the molecule is CC(C(=O)NCc1cc2nc(Cl)nc(N3CCOCC3)c2s1)N(C)C. The molecule has 9 heteroatoms. The van der Waals surface area contributed by atoms with E-state index in [0.29, 0.717) is 19.8 Å². The maximum atomic E-state index is 12.1. The van der Waals surface area contributed by atoms with Gasteiger partial charge in [-0.15, -0.1) is 11.3 Å². The Morgan fingerprint density at radius 2 is 2.16 bits per heavy atom. The minimum absolute atomic E-state index is 0.0000227. The van der Waals surface area contributed by atoms with E-state index in [2.05, 4.69) is 20.2 Å². The predicted molar refractivity (Wildman–Crippen MR) is 100 cm³/mol. The zero-order chi connectivity index (χ0) is 18.0. The molecule has 0 bridgehead atoms. The van der Waals surface area contributed by atoms with E-state index in [1.54, 1.807) is 11.3 Å². The van der Waals surface area contributed by atoms with Gasteiger partial charge in [0.25, 0.3) is 0 Å². The highest BCUT2D eigenvalue weighted by molar-refractivity contribution is 7.19. The van der Waals surface area contributed by atoms with Crippen LogP contribution in [0.2, 0.25) is 5.28 Å². The predicted octanol–water partition coefficient (Wildman–Crippen LogP) is 1.75. The topological polar surface area (TPSA) is 70.6 Å². The van der Waals surface area contributed by atoms with Gasteiger partial charge < -0.3 is 15.0 Å². The first-order valence-corrected chi connectivity index (χ1v) is 9.38. The van der Waals surface area contributed by atoms with Gasteiger partial charge in [-0.05, 0) is 38.7 Å². The number of hydrogen-bond acceptors (Lipinski definition) is 7. The molecular weight excluding hydrogens is 362 g/mol. The summed E-state index contributed by atoms with van der Waals surface area (Å²) in [6.45, 7) is 5.28. The van der Waals surface area contributed by atoms with Crippen LogP contribution in [-0.4, -0.2) is 67.2 Å². The molecule has 1 saturated heterocycles. The van der Waals surface area contributed by atoms with Crippen LogP contribution in [0.4, 0.5) is 5.82 Å². The van der Waals surface area contributed by atoms with E-state index < -0.39 is 0 Å². The zero-order valence-electron chi connectivity index (χ0n) is 14.6. The third-order valence-corrected chi connectivity index (χ3v) is 5.57. The van der Waals surface area contributed by atoms with Crippen LogP contribution < -0.4 is 10.2 Å². The van der Waals surface area contributed by atoms with E-state index in [4.69, 9.17) is 16.3 Å². The Labute approximate surface area is 155 Å². The molecule has 1 atom stereocenters. The minimum Gasteiger partial charge on any atom is -0.378 e. The summed E-state index contributed by atoms with van der Waals surface area (Å²) in [6.07, 6.45) is 0. The highest BCUT2D eigenvalue weighted by atomic mass is 35.5. The summed E-state index contributed by atoms with van der Waals surface area (Å²) < 4.78 is 6.41. The molecule has 2 aromatic rings. The second-order valence-electron chi connectivity index (χ2n) is 6.20. The summed E-state index contributed by atoms with van der Waals surface area (Å²) in [4.78, 5) is 26.0. The number of carbonyl (C=O) groups is 1. The first-order valence-electron chi connectivity index (χ1n) is 8.18. The van der Waals surface area contributed by atoms with Crippen LogP contribution in [0.1, 0.15) is 11.8 Å². The van der Waals surface area contributed by atoms with Crippen molar-refractivity contribution in [1.29, 1.82) is 0 Å². The number of aromatic nitrogens is 2. The van der Waals surface area contributed by atoms with Crippen molar-refractivity contribution in [3.8, 4) is 0 Å². The molecule has 0 spiro atoms. The van der Waals surface area contributed by atoms with Crippen molar-refractivity contribution in [2.45, 2.75) is 19.5 Å². The Hall–Kier alpha value is -1.48. The largest absolute Gasteiger partial charge is 0.378 e. The van der Waals surface area contributed by atoms with Crippen molar-refractivity contribution in [2.75, 3.05) is 45.3 Å². The highest BCUT2D eigenvalue weighted by Crippen LogP contribution is 2.33. The number of nitrogens with one attached hydrogen (secondary N) is 1. The lowest BCUT2D eigenvalue weighted by molar-refractivity contribution is -0.125. The van der Waals surface area contributed by atoms with Gasteiger partial charge in [0.05, 0.1) is 36.0 Å². The van der Waals surface area contributed by atoms with Gasteiger partial charge in [-0.25, -0.2) is 4.98 Å². The first-order chi connectivity index (χ1) is 12.0. The number of rotatable bonds is 5. The van der Waals surface area contributed by atoms with E-state index >= 15 is 0 Å². The summed E-state index contributed by atoms with van der Waals surface area (Å²) in [7, 11) is 3.77. The molecule has 25 heavy (non-hydrogen) atoms. The molecule has 1 aliphatic rings. The molecule has 0 aromatic carbocycles. The molecule has 1 fully saturated rings. The fourth-order valence-electron chi connectivity index (χ4n) is 2.57. The van der Waals surface area contributed by atoms with Crippen LogP contribution in [0.5, 0.6) is 0 Å². The maximum Gasteiger partial charge on any atom is 0.237 e. The van der Waals surface area contributed by atoms with Gasteiger partial charge in [0.15, 0.2) is 5.82 Å². The van der Waals surface area contributed by atoms with E-state index in [1.807, 2.05) is 32.0 Å². The molecule has 7 nitrogen and oxygen atoms in total. The third kappa shape index (κ3) is 4.20. The summed E-state index contributed by atoms with van der Waals surface area (Å²) in [5, 5.41) is 3.21. The van der Waals surface area contributed by atoms with Gasteiger partial charge in [-0.1, -0.05) is 0 Å². The van der Waals surface area contributed by atoms with Crippen LogP contribution in [0, 0.1) is 0 Å². The number of halogens is 1. The lowest BCUT2D eigenvalue weighted by Crippen LogP contribution is -2.40. The molecular formula is C16H22ClN5O2S.